The number of halogens is 1. The average molecular weight is 283 g/mol. The molecule has 0 aliphatic rings. The molecule has 0 fully saturated rings. The number of rotatable bonds is 7. The van der Waals surface area contributed by atoms with Crippen LogP contribution >= 0.6 is 12.4 Å². The van der Waals surface area contributed by atoms with E-state index < -0.39 is 10.0 Å². The molecule has 0 saturated heterocycles. The van der Waals surface area contributed by atoms with E-state index in [0.717, 1.165) is 13.0 Å². The van der Waals surface area contributed by atoms with Crippen molar-refractivity contribution in [3.05, 3.63) is 12.4 Å². The Morgan fingerprint density at radius 2 is 2.06 bits per heavy atom. The van der Waals surface area contributed by atoms with E-state index in [0.29, 0.717) is 13.1 Å². The number of hydrogen-bond acceptors (Lipinski definition) is 4. The van der Waals surface area contributed by atoms with Gasteiger partial charge in [-0.15, -0.1) is 12.4 Å². The van der Waals surface area contributed by atoms with Crippen molar-refractivity contribution in [2.45, 2.75) is 18.2 Å². The van der Waals surface area contributed by atoms with Gasteiger partial charge in [0.25, 0.3) is 0 Å². The fraction of sp³-hybridized carbons (Fsp3) is 0.667. The predicted molar refractivity (Wildman–Crippen MR) is 68.8 cm³/mol. The summed E-state index contributed by atoms with van der Waals surface area (Å²) in [5.74, 6) is 0. The number of sulfonamides is 1. The highest BCUT2D eigenvalue weighted by molar-refractivity contribution is 7.89. The molecule has 0 radical (unpaired) electrons. The lowest BCUT2D eigenvalue weighted by Gasteiger charge is -2.05. The zero-order valence-electron chi connectivity index (χ0n) is 10.0. The molecule has 2 N–H and O–H groups in total. The monoisotopic (exact) mass is 282 g/mol. The van der Waals surface area contributed by atoms with Crippen LogP contribution < -0.4 is 10.0 Å². The van der Waals surface area contributed by atoms with Crippen LogP contribution in [0, 0.1) is 0 Å². The van der Waals surface area contributed by atoms with E-state index >= 15 is 0 Å². The first kappa shape index (κ1) is 16.4. The van der Waals surface area contributed by atoms with Gasteiger partial charge in [-0.3, -0.25) is 4.68 Å². The van der Waals surface area contributed by atoms with Gasteiger partial charge in [0.2, 0.25) is 10.0 Å². The average Bonchev–Trinajstić information content (AvgIpc) is 2.65. The molecule has 8 heteroatoms. The van der Waals surface area contributed by atoms with Crippen LogP contribution in [0.25, 0.3) is 0 Å². The highest BCUT2D eigenvalue weighted by atomic mass is 35.5. The van der Waals surface area contributed by atoms with Gasteiger partial charge in [0, 0.05) is 26.3 Å². The molecule has 1 aromatic rings. The molecule has 0 aromatic carbocycles. The zero-order valence-corrected chi connectivity index (χ0v) is 11.6. The summed E-state index contributed by atoms with van der Waals surface area (Å²) in [5.41, 5.74) is 0. The maximum absolute atomic E-state index is 11.7. The van der Waals surface area contributed by atoms with E-state index in [1.807, 2.05) is 0 Å². The highest BCUT2D eigenvalue weighted by Gasteiger charge is 2.14. The van der Waals surface area contributed by atoms with E-state index in [2.05, 4.69) is 22.1 Å². The molecule has 6 nitrogen and oxygen atoms in total. The fourth-order valence-corrected chi connectivity index (χ4v) is 2.21. The molecule has 1 rings (SSSR count). The lowest BCUT2D eigenvalue weighted by atomic mass is 10.5. The Morgan fingerprint density at radius 3 is 2.59 bits per heavy atom. The highest BCUT2D eigenvalue weighted by Crippen LogP contribution is 2.04. The summed E-state index contributed by atoms with van der Waals surface area (Å²) >= 11 is 0. The third-order valence-electron chi connectivity index (χ3n) is 2.01. The zero-order chi connectivity index (χ0) is 12.0. The molecule has 0 bridgehead atoms. The number of nitrogens with zero attached hydrogens (tertiary/aromatic N) is 2. The van der Waals surface area contributed by atoms with Gasteiger partial charge >= 0.3 is 0 Å². The van der Waals surface area contributed by atoms with Crippen molar-refractivity contribution < 1.29 is 8.42 Å². The summed E-state index contributed by atoms with van der Waals surface area (Å²) in [6, 6.07) is 0. The van der Waals surface area contributed by atoms with Crippen molar-refractivity contribution in [3.8, 4) is 0 Å². The van der Waals surface area contributed by atoms with Crippen LogP contribution in [-0.2, 0) is 17.1 Å². The van der Waals surface area contributed by atoms with Gasteiger partial charge in [-0.2, -0.15) is 5.10 Å². The Morgan fingerprint density at radius 1 is 1.35 bits per heavy atom. The standard InChI is InChI=1S/C9H18N4O2S.ClH/c1-3-4-10-5-6-12-16(14,15)9-7-11-13(2)8-9;/h7-8,10,12H,3-6H2,1-2H3;1H. The lowest BCUT2D eigenvalue weighted by Crippen LogP contribution is -2.32. The molecule has 0 spiro atoms. The normalized spacial score (nSPS) is 11.2. The quantitative estimate of drug-likeness (QED) is 0.697. The van der Waals surface area contributed by atoms with Gasteiger partial charge in [0.05, 0.1) is 6.20 Å². The SMILES string of the molecule is CCCNCCNS(=O)(=O)c1cnn(C)c1.Cl. The van der Waals surface area contributed by atoms with Crippen molar-refractivity contribution >= 4 is 22.4 Å². The summed E-state index contributed by atoms with van der Waals surface area (Å²) in [6.45, 7) is 3.98. The van der Waals surface area contributed by atoms with Crippen molar-refractivity contribution in [1.82, 2.24) is 19.8 Å². The maximum atomic E-state index is 11.7. The Kier molecular flexibility index (Phi) is 7.37. The van der Waals surface area contributed by atoms with Gasteiger partial charge in [0.1, 0.15) is 4.90 Å². The first-order valence-corrected chi connectivity index (χ1v) is 6.73. The first-order chi connectivity index (χ1) is 7.56. The molecule has 0 saturated carbocycles. The molecule has 17 heavy (non-hydrogen) atoms. The van der Waals surface area contributed by atoms with Crippen molar-refractivity contribution in [2.75, 3.05) is 19.6 Å². The molecule has 0 unspecified atom stereocenters. The Bertz CT molecular complexity index is 418. The Labute approximate surface area is 108 Å². The molecule has 0 atom stereocenters. The van der Waals surface area contributed by atoms with Crippen LogP contribution in [0.2, 0.25) is 0 Å². The van der Waals surface area contributed by atoms with Gasteiger partial charge in [-0.1, -0.05) is 6.92 Å². The number of aromatic nitrogens is 2. The summed E-state index contributed by atoms with van der Waals surface area (Å²) < 4.78 is 27.3. The van der Waals surface area contributed by atoms with Crippen LogP contribution in [0.1, 0.15) is 13.3 Å². The minimum Gasteiger partial charge on any atom is -0.315 e. The summed E-state index contributed by atoms with van der Waals surface area (Å²) in [6.07, 6.45) is 3.85. The van der Waals surface area contributed by atoms with Gasteiger partial charge < -0.3 is 5.32 Å². The van der Waals surface area contributed by atoms with Gasteiger partial charge in [-0.25, -0.2) is 13.1 Å². The predicted octanol–water partition coefficient (Wildman–Crippen LogP) is 0.120. The van der Waals surface area contributed by atoms with E-state index in [4.69, 9.17) is 0 Å². The van der Waals surface area contributed by atoms with Gasteiger partial charge in [0.15, 0.2) is 0 Å². The molecule has 0 amide bonds. The number of aryl methyl sites for hydroxylation is 1. The second-order valence-corrected chi connectivity index (χ2v) is 5.26. The second kappa shape index (κ2) is 7.65. The summed E-state index contributed by atoms with van der Waals surface area (Å²) in [5, 5.41) is 6.94. The van der Waals surface area contributed by atoms with E-state index in [-0.39, 0.29) is 17.3 Å². The van der Waals surface area contributed by atoms with E-state index in [1.54, 1.807) is 7.05 Å². The van der Waals surface area contributed by atoms with Crippen molar-refractivity contribution in [3.63, 3.8) is 0 Å². The second-order valence-electron chi connectivity index (χ2n) is 3.50. The minimum absolute atomic E-state index is 0. The van der Waals surface area contributed by atoms with Crippen molar-refractivity contribution in [2.24, 2.45) is 7.05 Å². The topological polar surface area (TPSA) is 76.0 Å². The van der Waals surface area contributed by atoms with Crippen LogP contribution in [-0.4, -0.2) is 37.8 Å². The molecular formula is C9H19ClN4O2S. The number of hydrogen-bond donors (Lipinski definition) is 2. The van der Waals surface area contributed by atoms with Crippen LogP contribution in [0.5, 0.6) is 0 Å². The molecule has 1 heterocycles. The third-order valence-corrected chi connectivity index (χ3v) is 3.43. The Hall–Kier alpha value is -0.630. The number of nitrogens with one attached hydrogen (secondary N) is 2. The van der Waals surface area contributed by atoms with E-state index in [1.165, 1.54) is 17.1 Å². The maximum Gasteiger partial charge on any atom is 0.243 e. The molecule has 1 aromatic heterocycles. The molecule has 0 aliphatic carbocycles. The largest absolute Gasteiger partial charge is 0.315 e. The lowest BCUT2D eigenvalue weighted by molar-refractivity contribution is 0.575. The Balaban J connectivity index is 0.00000256. The molecular weight excluding hydrogens is 264 g/mol. The van der Waals surface area contributed by atoms with E-state index in [9.17, 15) is 8.42 Å². The summed E-state index contributed by atoms with van der Waals surface area (Å²) in [7, 11) is -1.72. The van der Waals surface area contributed by atoms with Crippen LogP contribution in [0.3, 0.4) is 0 Å². The molecule has 0 aliphatic heterocycles. The summed E-state index contributed by atoms with van der Waals surface area (Å²) in [4.78, 5) is 0.200. The molecule has 100 valence electrons. The third kappa shape index (κ3) is 5.49. The fourth-order valence-electron chi connectivity index (χ4n) is 1.20. The first-order valence-electron chi connectivity index (χ1n) is 5.25. The van der Waals surface area contributed by atoms with Crippen molar-refractivity contribution in [1.29, 1.82) is 0 Å². The van der Waals surface area contributed by atoms with Gasteiger partial charge in [-0.05, 0) is 13.0 Å². The smallest absolute Gasteiger partial charge is 0.243 e. The van der Waals surface area contributed by atoms with Crippen LogP contribution in [0.4, 0.5) is 0 Å². The van der Waals surface area contributed by atoms with Crippen LogP contribution in [0.15, 0.2) is 17.3 Å². The minimum atomic E-state index is -3.40.